The highest BCUT2D eigenvalue weighted by atomic mass is 32.2. The van der Waals surface area contributed by atoms with Crippen LogP contribution in [0.25, 0.3) is 0 Å². The number of hydrogen-bond donors (Lipinski definition) is 1. The first-order valence-electron chi connectivity index (χ1n) is 5.03. The Kier molecular flexibility index (Phi) is 3.19. The van der Waals surface area contributed by atoms with Crippen molar-refractivity contribution in [2.24, 2.45) is 0 Å². The third-order valence-electron chi connectivity index (χ3n) is 2.64. The second-order valence-electron chi connectivity index (χ2n) is 3.49. The maximum Gasteiger partial charge on any atom is 0.134 e. The van der Waals surface area contributed by atoms with Crippen LogP contribution in [-0.4, -0.2) is 17.1 Å². The first kappa shape index (κ1) is 10.8. The van der Waals surface area contributed by atoms with Gasteiger partial charge in [-0.1, -0.05) is 13.0 Å². The standard InChI is InChI=1S/C11H15NO2S/c1-3-15(13)9-4-5-10-8(6-9)7-12-11(10)14-2/h4-6,11-12H,3,7H2,1-2H3. The van der Waals surface area contributed by atoms with Crippen molar-refractivity contribution in [2.45, 2.75) is 24.6 Å². The largest absolute Gasteiger partial charge is 0.362 e. The van der Waals surface area contributed by atoms with Gasteiger partial charge >= 0.3 is 0 Å². The van der Waals surface area contributed by atoms with Crippen LogP contribution >= 0.6 is 0 Å². The number of fused-ring (bicyclic) bond motifs is 1. The van der Waals surface area contributed by atoms with Gasteiger partial charge in [0, 0.05) is 24.3 Å². The van der Waals surface area contributed by atoms with Gasteiger partial charge in [0.05, 0.1) is 10.8 Å². The molecule has 0 saturated carbocycles. The normalized spacial score (nSPS) is 21.3. The molecule has 1 aliphatic heterocycles. The summed E-state index contributed by atoms with van der Waals surface area (Å²) in [4.78, 5) is 0.912. The first-order valence-corrected chi connectivity index (χ1v) is 6.35. The summed E-state index contributed by atoms with van der Waals surface area (Å²) < 4.78 is 16.9. The highest BCUT2D eigenvalue weighted by Gasteiger charge is 2.21. The zero-order valence-corrected chi connectivity index (χ0v) is 9.76. The highest BCUT2D eigenvalue weighted by Crippen LogP contribution is 2.27. The van der Waals surface area contributed by atoms with Crippen molar-refractivity contribution in [3.05, 3.63) is 29.3 Å². The van der Waals surface area contributed by atoms with Gasteiger partial charge in [0.1, 0.15) is 6.23 Å². The van der Waals surface area contributed by atoms with Crippen LogP contribution in [-0.2, 0) is 22.1 Å². The van der Waals surface area contributed by atoms with Crippen LogP contribution < -0.4 is 5.32 Å². The van der Waals surface area contributed by atoms with Crippen LogP contribution in [0.15, 0.2) is 23.1 Å². The molecule has 0 saturated heterocycles. The molecule has 4 heteroatoms. The molecule has 0 radical (unpaired) electrons. The average Bonchev–Trinajstić information content (AvgIpc) is 2.69. The Morgan fingerprint density at radius 2 is 2.40 bits per heavy atom. The molecule has 15 heavy (non-hydrogen) atoms. The summed E-state index contributed by atoms with van der Waals surface area (Å²) in [6.45, 7) is 2.72. The number of methoxy groups -OCH3 is 1. The van der Waals surface area contributed by atoms with Gasteiger partial charge in [-0.05, 0) is 23.3 Å². The van der Waals surface area contributed by atoms with E-state index in [1.54, 1.807) is 7.11 Å². The van der Waals surface area contributed by atoms with Gasteiger partial charge in [0.25, 0.3) is 0 Å². The maximum absolute atomic E-state index is 11.6. The molecule has 0 amide bonds. The molecular formula is C11H15NO2S. The summed E-state index contributed by atoms with van der Waals surface area (Å²) in [6.07, 6.45) is -0.0101. The lowest BCUT2D eigenvalue weighted by Crippen LogP contribution is -2.13. The Morgan fingerprint density at radius 3 is 3.07 bits per heavy atom. The molecule has 1 aromatic carbocycles. The lowest BCUT2D eigenvalue weighted by Gasteiger charge is -2.09. The second-order valence-corrected chi connectivity index (χ2v) is 5.23. The summed E-state index contributed by atoms with van der Waals surface area (Å²) in [6, 6.07) is 5.95. The van der Waals surface area contributed by atoms with Crippen molar-refractivity contribution in [1.82, 2.24) is 5.32 Å². The number of rotatable bonds is 3. The SMILES string of the molecule is CCS(=O)c1ccc2c(c1)CNC2OC. The van der Waals surface area contributed by atoms with Crippen LogP contribution in [0.2, 0.25) is 0 Å². The van der Waals surface area contributed by atoms with Crippen LogP contribution in [0.1, 0.15) is 24.3 Å². The van der Waals surface area contributed by atoms with E-state index in [1.807, 2.05) is 25.1 Å². The number of benzene rings is 1. The molecule has 82 valence electrons. The Bertz CT molecular complexity index is 392. The average molecular weight is 225 g/mol. The zero-order chi connectivity index (χ0) is 10.8. The van der Waals surface area contributed by atoms with Crippen LogP contribution in [0.4, 0.5) is 0 Å². The molecule has 2 atom stereocenters. The van der Waals surface area contributed by atoms with Gasteiger partial charge < -0.3 is 4.74 Å². The minimum absolute atomic E-state index is 0.0101. The third-order valence-corrected chi connectivity index (χ3v) is 3.94. The topological polar surface area (TPSA) is 38.3 Å². The third kappa shape index (κ3) is 1.97. The van der Waals surface area contributed by atoms with E-state index in [4.69, 9.17) is 4.74 Å². The fraction of sp³-hybridized carbons (Fsp3) is 0.455. The summed E-state index contributed by atoms with van der Waals surface area (Å²) in [5.41, 5.74) is 2.36. The van der Waals surface area contributed by atoms with Crippen molar-refractivity contribution in [1.29, 1.82) is 0 Å². The molecule has 0 aromatic heterocycles. The molecule has 0 fully saturated rings. The Morgan fingerprint density at radius 1 is 1.60 bits per heavy atom. The first-order chi connectivity index (χ1) is 7.26. The molecule has 3 nitrogen and oxygen atoms in total. The van der Waals surface area contributed by atoms with Gasteiger partial charge in [-0.3, -0.25) is 9.53 Å². The van der Waals surface area contributed by atoms with Crippen LogP contribution in [0, 0.1) is 0 Å². The number of hydrogen-bond acceptors (Lipinski definition) is 3. The predicted octanol–water partition coefficient (Wildman–Crippen LogP) is 1.56. The lowest BCUT2D eigenvalue weighted by atomic mass is 10.1. The van der Waals surface area contributed by atoms with Gasteiger partial charge in [-0.2, -0.15) is 0 Å². The molecular weight excluding hydrogens is 210 g/mol. The molecule has 1 heterocycles. The van der Waals surface area contributed by atoms with E-state index in [-0.39, 0.29) is 6.23 Å². The minimum Gasteiger partial charge on any atom is -0.362 e. The van der Waals surface area contributed by atoms with E-state index in [0.29, 0.717) is 5.75 Å². The molecule has 1 N–H and O–H groups in total. The molecule has 0 bridgehead atoms. The monoisotopic (exact) mass is 225 g/mol. The Labute approximate surface area is 92.3 Å². The van der Waals surface area contributed by atoms with Crippen molar-refractivity contribution in [3.8, 4) is 0 Å². The van der Waals surface area contributed by atoms with E-state index in [0.717, 1.165) is 17.0 Å². The van der Waals surface area contributed by atoms with Gasteiger partial charge in [0.2, 0.25) is 0 Å². The second kappa shape index (κ2) is 4.43. The zero-order valence-electron chi connectivity index (χ0n) is 8.95. The molecule has 1 aliphatic rings. The Balaban J connectivity index is 2.33. The minimum atomic E-state index is -0.865. The summed E-state index contributed by atoms with van der Waals surface area (Å²) in [5, 5.41) is 3.23. The van der Waals surface area contributed by atoms with E-state index < -0.39 is 10.8 Å². The van der Waals surface area contributed by atoms with Crippen LogP contribution in [0.5, 0.6) is 0 Å². The lowest BCUT2D eigenvalue weighted by molar-refractivity contribution is 0.0828. The summed E-state index contributed by atoms with van der Waals surface area (Å²) >= 11 is 0. The maximum atomic E-state index is 11.6. The van der Waals surface area contributed by atoms with E-state index >= 15 is 0 Å². The molecule has 0 aliphatic carbocycles. The molecule has 2 rings (SSSR count). The summed E-state index contributed by atoms with van der Waals surface area (Å²) in [7, 11) is 0.821. The fourth-order valence-corrected chi connectivity index (χ4v) is 2.65. The van der Waals surface area contributed by atoms with Crippen molar-refractivity contribution >= 4 is 10.8 Å². The quantitative estimate of drug-likeness (QED) is 0.848. The molecule has 1 aromatic rings. The number of nitrogens with one attached hydrogen (secondary N) is 1. The highest BCUT2D eigenvalue weighted by molar-refractivity contribution is 7.85. The molecule has 2 unspecified atom stereocenters. The van der Waals surface area contributed by atoms with Crippen LogP contribution in [0.3, 0.4) is 0 Å². The molecule has 0 spiro atoms. The van der Waals surface area contributed by atoms with E-state index in [9.17, 15) is 4.21 Å². The van der Waals surface area contributed by atoms with Gasteiger partial charge in [-0.25, -0.2) is 0 Å². The predicted molar refractivity (Wildman–Crippen MR) is 60.0 cm³/mol. The fourth-order valence-electron chi connectivity index (χ4n) is 1.82. The van der Waals surface area contributed by atoms with Crippen molar-refractivity contribution in [2.75, 3.05) is 12.9 Å². The smallest absolute Gasteiger partial charge is 0.134 e. The summed E-state index contributed by atoms with van der Waals surface area (Å²) in [5.74, 6) is 0.667. The van der Waals surface area contributed by atoms with E-state index in [1.165, 1.54) is 5.56 Å². The Hall–Kier alpha value is -0.710. The van der Waals surface area contributed by atoms with Gasteiger partial charge in [0.15, 0.2) is 0 Å². The number of ether oxygens (including phenoxy) is 1. The van der Waals surface area contributed by atoms with Gasteiger partial charge in [-0.15, -0.1) is 0 Å². The van der Waals surface area contributed by atoms with Crippen molar-refractivity contribution in [3.63, 3.8) is 0 Å². The van der Waals surface area contributed by atoms with Crippen molar-refractivity contribution < 1.29 is 8.95 Å². The van der Waals surface area contributed by atoms with E-state index in [2.05, 4.69) is 5.32 Å².